The highest BCUT2D eigenvalue weighted by Crippen LogP contribution is 2.41. The number of halogens is 1. The molecule has 30 heavy (non-hydrogen) atoms. The molecule has 2 amide bonds. The minimum absolute atomic E-state index is 0.00998. The van der Waals surface area contributed by atoms with Crippen molar-refractivity contribution in [2.24, 2.45) is 5.92 Å². The molecule has 1 atom stereocenters. The Morgan fingerprint density at radius 2 is 2.03 bits per heavy atom. The lowest BCUT2D eigenvalue weighted by molar-refractivity contribution is -0.137. The molecule has 2 aliphatic rings. The molecule has 0 spiro atoms. The smallest absolute Gasteiger partial charge is 0.228 e. The van der Waals surface area contributed by atoms with Crippen molar-refractivity contribution in [2.45, 2.75) is 31.8 Å². The molecule has 0 unspecified atom stereocenters. The van der Waals surface area contributed by atoms with Crippen LogP contribution in [0.5, 0.6) is 11.5 Å². The lowest BCUT2D eigenvalue weighted by atomic mass is 10.1. The van der Waals surface area contributed by atoms with Crippen LogP contribution < -0.4 is 14.4 Å². The van der Waals surface area contributed by atoms with E-state index in [1.165, 1.54) is 14.2 Å². The van der Waals surface area contributed by atoms with Crippen molar-refractivity contribution in [3.63, 3.8) is 0 Å². The molecule has 0 bridgehead atoms. The SMILES string of the molecule is COc1cc(OC)c(N2C[C@H](C(=O)N(Cc3cccnc3)C3CC3)CC2=O)cc1Cl. The first-order valence-electron chi connectivity index (χ1n) is 9.93. The number of carbonyl (C=O) groups excluding carboxylic acids is 2. The first-order chi connectivity index (χ1) is 14.5. The summed E-state index contributed by atoms with van der Waals surface area (Å²) < 4.78 is 10.7. The van der Waals surface area contributed by atoms with Crippen LogP contribution in [0, 0.1) is 5.92 Å². The van der Waals surface area contributed by atoms with E-state index in [2.05, 4.69) is 4.98 Å². The maximum Gasteiger partial charge on any atom is 0.228 e. The van der Waals surface area contributed by atoms with E-state index in [1.807, 2.05) is 17.0 Å². The van der Waals surface area contributed by atoms with Crippen LogP contribution in [-0.2, 0) is 16.1 Å². The molecule has 2 heterocycles. The second-order valence-corrected chi connectivity index (χ2v) is 8.03. The van der Waals surface area contributed by atoms with Crippen LogP contribution in [-0.4, -0.2) is 48.5 Å². The molecule has 1 aromatic carbocycles. The Morgan fingerprint density at radius 1 is 1.27 bits per heavy atom. The number of hydrogen-bond donors (Lipinski definition) is 0. The molecule has 8 heteroatoms. The molecule has 1 aliphatic heterocycles. The van der Waals surface area contributed by atoms with E-state index in [0.29, 0.717) is 35.3 Å². The summed E-state index contributed by atoms with van der Waals surface area (Å²) in [6.07, 6.45) is 5.66. The summed E-state index contributed by atoms with van der Waals surface area (Å²) in [7, 11) is 3.04. The maximum absolute atomic E-state index is 13.3. The van der Waals surface area contributed by atoms with Gasteiger partial charge in [0.25, 0.3) is 0 Å². The van der Waals surface area contributed by atoms with E-state index in [-0.39, 0.29) is 24.3 Å². The van der Waals surface area contributed by atoms with E-state index in [4.69, 9.17) is 21.1 Å². The third-order valence-electron chi connectivity index (χ3n) is 5.56. The average Bonchev–Trinajstić information content (AvgIpc) is 3.53. The molecular weight excluding hydrogens is 406 g/mol. The predicted molar refractivity (Wildman–Crippen MR) is 113 cm³/mol. The second-order valence-electron chi connectivity index (χ2n) is 7.62. The van der Waals surface area contributed by atoms with Gasteiger partial charge in [0.1, 0.15) is 11.5 Å². The summed E-state index contributed by atoms with van der Waals surface area (Å²) in [5.41, 5.74) is 1.54. The number of methoxy groups -OCH3 is 2. The van der Waals surface area contributed by atoms with Crippen LogP contribution in [0.4, 0.5) is 5.69 Å². The number of nitrogens with zero attached hydrogens (tertiary/aromatic N) is 3. The summed E-state index contributed by atoms with van der Waals surface area (Å²) in [6, 6.07) is 7.38. The number of aromatic nitrogens is 1. The van der Waals surface area contributed by atoms with Gasteiger partial charge in [-0.05, 0) is 30.5 Å². The molecule has 2 fully saturated rings. The zero-order valence-electron chi connectivity index (χ0n) is 17.0. The van der Waals surface area contributed by atoms with Gasteiger partial charge in [-0.25, -0.2) is 0 Å². The van der Waals surface area contributed by atoms with Crippen molar-refractivity contribution in [2.75, 3.05) is 25.7 Å². The molecule has 158 valence electrons. The Hall–Kier alpha value is -2.80. The lowest BCUT2D eigenvalue weighted by Gasteiger charge is -2.26. The van der Waals surface area contributed by atoms with E-state index in [1.54, 1.807) is 29.4 Å². The molecule has 4 rings (SSSR count). The van der Waals surface area contributed by atoms with E-state index in [0.717, 1.165) is 18.4 Å². The average molecular weight is 430 g/mol. The summed E-state index contributed by atoms with van der Waals surface area (Å²) in [5, 5.41) is 0.382. The van der Waals surface area contributed by atoms with Crippen LogP contribution in [0.1, 0.15) is 24.8 Å². The Morgan fingerprint density at radius 3 is 2.67 bits per heavy atom. The van der Waals surface area contributed by atoms with Crippen LogP contribution in [0.15, 0.2) is 36.7 Å². The van der Waals surface area contributed by atoms with Gasteiger partial charge < -0.3 is 19.3 Å². The van der Waals surface area contributed by atoms with Gasteiger partial charge >= 0.3 is 0 Å². The first kappa shape index (κ1) is 20.5. The fraction of sp³-hybridized carbons (Fsp3) is 0.409. The van der Waals surface area contributed by atoms with Crippen molar-refractivity contribution in [1.82, 2.24) is 9.88 Å². The van der Waals surface area contributed by atoms with E-state index >= 15 is 0 Å². The summed E-state index contributed by atoms with van der Waals surface area (Å²) in [5.74, 6) is 0.432. The number of rotatable bonds is 7. The number of benzene rings is 1. The largest absolute Gasteiger partial charge is 0.495 e. The van der Waals surface area contributed by atoms with Gasteiger partial charge in [0.15, 0.2) is 0 Å². The number of carbonyl (C=O) groups is 2. The molecule has 2 aromatic rings. The number of hydrogen-bond acceptors (Lipinski definition) is 5. The number of pyridine rings is 1. The monoisotopic (exact) mass is 429 g/mol. The molecule has 0 radical (unpaired) electrons. The summed E-state index contributed by atoms with van der Waals surface area (Å²) in [4.78, 5) is 33.8. The molecule has 1 saturated carbocycles. The van der Waals surface area contributed by atoms with E-state index < -0.39 is 5.92 Å². The van der Waals surface area contributed by atoms with Crippen molar-refractivity contribution in [3.8, 4) is 11.5 Å². The minimum Gasteiger partial charge on any atom is -0.495 e. The summed E-state index contributed by atoms with van der Waals surface area (Å²) >= 11 is 6.27. The normalized spacial score (nSPS) is 18.4. The number of amides is 2. The highest BCUT2D eigenvalue weighted by molar-refractivity contribution is 6.32. The first-order valence-corrected chi connectivity index (χ1v) is 10.3. The van der Waals surface area contributed by atoms with Crippen molar-refractivity contribution in [3.05, 3.63) is 47.2 Å². The van der Waals surface area contributed by atoms with Crippen LogP contribution in [0.2, 0.25) is 5.02 Å². The van der Waals surface area contributed by atoms with Gasteiger partial charge in [-0.15, -0.1) is 0 Å². The fourth-order valence-corrected chi connectivity index (χ4v) is 4.09. The van der Waals surface area contributed by atoms with Crippen LogP contribution >= 0.6 is 11.6 Å². The summed E-state index contributed by atoms with van der Waals surface area (Å²) in [6.45, 7) is 0.812. The molecule has 1 saturated heterocycles. The fourth-order valence-electron chi connectivity index (χ4n) is 3.86. The highest BCUT2D eigenvalue weighted by atomic mass is 35.5. The Kier molecular flexibility index (Phi) is 5.81. The van der Waals surface area contributed by atoms with Crippen LogP contribution in [0.3, 0.4) is 0 Å². The van der Waals surface area contributed by atoms with Crippen LogP contribution in [0.25, 0.3) is 0 Å². The minimum atomic E-state index is -0.402. The molecule has 1 aliphatic carbocycles. The van der Waals surface area contributed by atoms with Gasteiger partial charge in [-0.3, -0.25) is 14.6 Å². The highest BCUT2D eigenvalue weighted by Gasteiger charge is 2.42. The zero-order chi connectivity index (χ0) is 21.3. The molecule has 7 nitrogen and oxygen atoms in total. The molecule has 0 N–H and O–H groups in total. The topological polar surface area (TPSA) is 72.0 Å². The maximum atomic E-state index is 13.3. The number of anilines is 1. The van der Waals surface area contributed by atoms with Gasteiger partial charge in [0.2, 0.25) is 11.8 Å². The predicted octanol–water partition coefficient (Wildman–Crippen LogP) is 3.30. The van der Waals surface area contributed by atoms with Gasteiger partial charge in [0, 0.05) is 44.0 Å². The zero-order valence-corrected chi connectivity index (χ0v) is 17.8. The van der Waals surface area contributed by atoms with Gasteiger partial charge in [0.05, 0.1) is 30.8 Å². The number of ether oxygens (including phenoxy) is 2. The Labute approximate surface area is 180 Å². The lowest BCUT2D eigenvalue weighted by Crippen LogP contribution is -2.38. The van der Waals surface area contributed by atoms with Crippen molar-refractivity contribution < 1.29 is 19.1 Å². The molecule has 1 aromatic heterocycles. The molecular formula is C22H24ClN3O4. The third-order valence-corrected chi connectivity index (χ3v) is 5.86. The quantitative estimate of drug-likeness (QED) is 0.675. The van der Waals surface area contributed by atoms with Gasteiger partial charge in [-0.2, -0.15) is 0 Å². The van der Waals surface area contributed by atoms with Crippen molar-refractivity contribution >= 4 is 29.1 Å². The van der Waals surface area contributed by atoms with E-state index in [9.17, 15) is 9.59 Å². The third kappa shape index (κ3) is 4.07. The Balaban J connectivity index is 1.54. The second kappa shape index (κ2) is 8.52. The van der Waals surface area contributed by atoms with Gasteiger partial charge in [-0.1, -0.05) is 17.7 Å². The van der Waals surface area contributed by atoms with Crippen molar-refractivity contribution in [1.29, 1.82) is 0 Å². The Bertz CT molecular complexity index is 949. The standard InChI is InChI=1S/C22H24ClN3O4/c1-29-19-10-20(30-2)18(9-17(19)23)26-13-15(8-21(26)27)22(28)25(16-5-6-16)12-14-4-3-7-24-11-14/h3-4,7,9-11,15-16H,5-6,8,12-13H2,1-2H3/t15-/m1/s1.